The number of nitrogens with one attached hydrogen (secondary N) is 2. The number of hydrogen-bond acceptors (Lipinski definition) is 4. The maximum Gasteiger partial charge on any atom is 0.0662 e. The van der Waals surface area contributed by atoms with Crippen LogP contribution < -0.4 is 0 Å². The van der Waals surface area contributed by atoms with Crippen molar-refractivity contribution in [2.75, 3.05) is 13.2 Å². The van der Waals surface area contributed by atoms with Crippen molar-refractivity contribution in [3.8, 4) is 0 Å². The first-order valence-electron chi connectivity index (χ1n) is 9.40. The van der Waals surface area contributed by atoms with Gasteiger partial charge < -0.3 is 20.2 Å². The SMILES string of the molecule is OCCO.[2H]c1cc2cc3nc(cc4ccc(cc5nc(cc1[nH]2)C=C5)[nH]4)C=C3.[Fe]. The van der Waals surface area contributed by atoms with Crippen LogP contribution in [0.25, 0.3) is 46.4 Å². The average Bonchev–Trinajstić information content (AvgIpc) is 3.48. The number of H-pyrrole nitrogens is 2. The van der Waals surface area contributed by atoms with Crippen molar-refractivity contribution < 1.29 is 28.7 Å². The van der Waals surface area contributed by atoms with Gasteiger partial charge in [0.05, 0.1) is 37.4 Å². The molecule has 4 N–H and O–H groups in total. The van der Waals surface area contributed by atoms with Crippen LogP contribution in [-0.4, -0.2) is 43.4 Å². The molecule has 0 amide bonds. The third-order valence-corrected chi connectivity index (χ3v) is 4.06. The van der Waals surface area contributed by atoms with Gasteiger partial charge >= 0.3 is 0 Å². The van der Waals surface area contributed by atoms with Crippen molar-refractivity contribution in [1.29, 1.82) is 0 Å². The standard InChI is InChI=1S/C20H14N4.C2H6O2.Fe/c1-2-14-10-16-5-6-18(23-16)12-20-8-7-19(24-20)11-17-4-3-15(22-17)9-13(1)21-14;3-1-2-4;/h1-12,21,24H;3-4H,1-2H2;/i1D;;. The minimum absolute atomic E-state index is 0. The molecule has 2 aliphatic heterocycles. The Morgan fingerprint density at radius 3 is 1.48 bits per heavy atom. The van der Waals surface area contributed by atoms with Crippen LogP contribution in [-0.2, 0) is 17.1 Å². The molecule has 7 heteroatoms. The summed E-state index contributed by atoms with van der Waals surface area (Å²) in [5.74, 6) is 0. The van der Waals surface area contributed by atoms with Crippen molar-refractivity contribution in [1.82, 2.24) is 19.9 Å². The minimum atomic E-state index is -0.125. The average molecular weight is 429 g/mol. The van der Waals surface area contributed by atoms with E-state index in [2.05, 4.69) is 19.9 Å². The Labute approximate surface area is 179 Å². The molecule has 6 nitrogen and oxygen atoms in total. The number of aromatic amines is 2. The summed E-state index contributed by atoms with van der Waals surface area (Å²) < 4.78 is 8.14. The van der Waals surface area contributed by atoms with Gasteiger partial charge in [-0.05, 0) is 72.8 Å². The van der Waals surface area contributed by atoms with Gasteiger partial charge in [-0.15, -0.1) is 0 Å². The fraction of sp³-hybridized carbons (Fsp3) is 0.0909. The zero-order valence-electron chi connectivity index (χ0n) is 16.4. The molecule has 5 heterocycles. The molecule has 2 aliphatic rings. The molecule has 5 rings (SSSR count). The van der Waals surface area contributed by atoms with E-state index in [0.717, 1.165) is 44.8 Å². The Balaban J connectivity index is 0.000000473. The Morgan fingerprint density at radius 2 is 1.03 bits per heavy atom. The van der Waals surface area contributed by atoms with Gasteiger partial charge in [0.15, 0.2) is 0 Å². The third kappa shape index (κ3) is 5.31. The van der Waals surface area contributed by atoms with Crippen molar-refractivity contribution >= 4 is 46.4 Å². The summed E-state index contributed by atoms with van der Waals surface area (Å²) in [4.78, 5) is 15.8. The molecule has 148 valence electrons. The van der Waals surface area contributed by atoms with E-state index in [-0.39, 0.29) is 30.3 Å². The molecule has 29 heavy (non-hydrogen) atoms. The molecule has 0 atom stereocenters. The molecule has 0 spiro atoms. The quantitative estimate of drug-likeness (QED) is 0.306. The van der Waals surface area contributed by atoms with Crippen LogP contribution in [0, 0.1) is 0 Å². The maximum atomic E-state index is 8.14. The predicted molar refractivity (Wildman–Crippen MR) is 113 cm³/mol. The molecule has 3 aromatic rings. The summed E-state index contributed by atoms with van der Waals surface area (Å²) >= 11 is 0. The zero-order valence-corrected chi connectivity index (χ0v) is 16.5. The summed E-state index contributed by atoms with van der Waals surface area (Å²) in [6, 6.07) is 14.1. The number of rotatable bonds is 1. The largest absolute Gasteiger partial charge is 0.394 e. The molecule has 0 radical (unpaired) electrons. The van der Waals surface area contributed by atoms with E-state index >= 15 is 0 Å². The summed E-state index contributed by atoms with van der Waals surface area (Å²) in [6.45, 7) is -0.250. The molecule has 0 aliphatic carbocycles. The second-order valence-electron chi connectivity index (χ2n) is 6.27. The summed E-state index contributed by atoms with van der Waals surface area (Å²) in [5, 5.41) is 15.2. The van der Waals surface area contributed by atoms with Crippen LogP contribution in [0.4, 0.5) is 0 Å². The van der Waals surface area contributed by atoms with Gasteiger partial charge in [0.1, 0.15) is 0 Å². The number of fused-ring (bicyclic) bond motifs is 8. The number of aliphatic hydroxyl groups is 2. The first-order valence-corrected chi connectivity index (χ1v) is 8.90. The van der Waals surface area contributed by atoms with Gasteiger partial charge in [-0.25, -0.2) is 9.97 Å². The van der Waals surface area contributed by atoms with Gasteiger partial charge in [-0.1, -0.05) is 0 Å². The smallest absolute Gasteiger partial charge is 0.0662 e. The molecule has 0 fully saturated rings. The summed E-state index contributed by atoms with van der Waals surface area (Å²) in [7, 11) is 0. The fourth-order valence-electron chi connectivity index (χ4n) is 2.87. The zero-order chi connectivity index (χ0) is 20.2. The molecule has 0 unspecified atom stereocenters. The van der Waals surface area contributed by atoms with Crippen LogP contribution in [0.3, 0.4) is 0 Å². The van der Waals surface area contributed by atoms with Crippen LogP contribution in [0.15, 0.2) is 48.5 Å². The number of hydrogen-bond donors (Lipinski definition) is 4. The van der Waals surface area contributed by atoms with Gasteiger partial charge in [0.2, 0.25) is 0 Å². The third-order valence-electron chi connectivity index (χ3n) is 4.06. The monoisotopic (exact) mass is 429 g/mol. The Bertz CT molecular complexity index is 1260. The summed E-state index contributed by atoms with van der Waals surface area (Å²) in [5.41, 5.74) is 7.04. The Kier molecular flexibility index (Phi) is 6.34. The number of aromatic nitrogens is 4. The topological polar surface area (TPSA) is 97.8 Å². The van der Waals surface area contributed by atoms with E-state index in [9.17, 15) is 0 Å². The van der Waals surface area contributed by atoms with Gasteiger partial charge in [0, 0.05) is 39.1 Å². The molecular weight excluding hydrogens is 408 g/mol. The fourth-order valence-corrected chi connectivity index (χ4v) is 2.87. The predicted octanol–water partition coefficient (Wildman–Crippen LogP) is 3.62. The molecule has 0 saturated carbocycles. The van der Waals surface area contributed by atoms with Gasteiger partial charge in [-0.3, -0.25) is 0 Å². The molecule has 8 bridgehead atoms. The van der Waals surface area contributed by atoms with E-state index in [0.29, 0.717) is 6.04 Å². The molecule has 0 saturated heterocycles. The van der Waals surface area contributed by atoms with Gasteiger partial charge in [-0.2, -0.15) is 0 Å². The van der Waals surface area contributed by atoms with Crippen LogP contribution in [0.5, 0.6) is 0 Å². The van der Waals surface area contributed by atoms with Crippen molar-refractivity contribution in [3.63, 3.8) is 0 Å². The molecule has 3 aromatic heterocycles. The Hall–Kier alpha value is -2.96. The van der Waals surface area contributed by atoms with Crippen LogP contribution in [0.2, 0.25) is 0 Å². The first kappa shape index (κ1) is 19.4. The van der Waals surface area contributed by atoms with E-state index < -0.39 is 0 Å². The van der Waals surface area contributed by atoms with E-state index in [1.165, 1.54) is 0 Å². The molecular formula is C22H20FeN4O2. The Morgan fingerprint density at radius 1 is 0.655 bits per heavy atom. The number of nitrogens with zero attached hydrogens (tertiary/aromatic N) is 2. The summed E-state index contributed by atoms with van der Waals surface area (Å²) in [6.07, 6.45) is 7.88. The van der Waals surface area contributed by atoms with Crippen LogP contribution >= 0.6 is 0 Å². The van der Waals surface area contributed by atoms with Crippen LogP contribution in [0.1, 0.15) is 24.1 Å². The van der Waals surface area contributed by atoms with E-state index in [1.54, 1.807) is 6.07 Å². The van der Waals surface area contributed by atoms with Crippen molar-refractivity contribution in [2.45, 2.75) is 0 Å². The second-order valence-corrected chi connectivity index (χ2v) is 6.27. The van der Waals surface area contributed by atoms with Crippen molar-refractivity contribution in [2.24, 2.45) is 0 Å². The minimum Gasteiger partial charge on any atom is -0.394 e. The molecule has 0 aromatic carbocycles. The second kappa shape index (κ2) is 9.49. The van der Waals surface area contributed by atoms with Crippen molar-refractivity contribution in [3.05, 3.63) is 71.3 Å². The van der Waals surface area contributed by atoms with E-state index in [1.807, 2.05) is 60.7 Å². The normalized spacial score (nSPS) is 12.0. The maximum absolute atomic E-state index is 8.14. The first-order chi connectivity index (χ1) is 14.1. The van der Waals surface area contributed by atoms with E-state index in [4.69, 9.17) is 11.6 Å². The number of aliphatic hydroxyl groups excluding tert-OH is 2. The van der Waals surface area contributed by atoms with Gasteiger partial charge in [0.25, 0.3) is 0 Å².